The van der Waals surface area contributed by atoms with Crippen molar-refractivity contribution in [3.8, 4) is 0 Å². The monoisotopic (exact) mass is 288 g/mol. The van der Waals surface area contributed by atoms with E-state index in [4.69, 9.17) is 17.1 Å². The Hall–Kier alpha value is -2.30. The van der Waals surface area contributed by atoms with Gasteiger partial charge in [0.25, 0.3) is 0 Å². The van der Waals surface area contributed by atoms with Crippen molar-refractivity contribution in [3.63, 3.8) is 0 Å². The molecule has 0 radical (unpaired) electrons. The molecule has 1 aliphatic rings. The lowest BCUT2D eigenvalue weighted by molar-refractivity contribution is 0.0939. The van der Waals surface area contributed by atoms with Crippen LogP contribution in [0.1, 0.15) is 27.6 Å². The van der Waals surface area contributed by atoms with E-state index in [0.29, 0.717) is 21.5 Å². The third-order valence-electron chi connectivity index (χ3n) is 3.49. The highest BCUT2D eigenvalue weighted by Gasteiger charge is 2.31. The van der Waals surface area contributed by atoms with Crippen molar-refractivity contribution in [1.29, 1.82) is 0 Å². The molecule has 1 atom stereocenters. The summed E-state index contributed by atoms with van der Waals surface area (Å²) in [4.78, 5) is 26.7. The molecule has 1 aliphatic carbocycles. The average Bonchev–Trinajstić information content (AvgIpc) is 2.79. The second-order valence-electron chi connectivity index (χ2n) is 4.65. The number of benzene rings is 1. The number of aromatic nitrogens is 1. The van der Waals surface area contributed by atoms with Gasteiger partial charge in [0.15, 0.2) is 5.78 Å². The lowest BCUT2D eigenvalue weighted by Crippen LogP contribution is -2.24. The molecule has 0 saturated heterocycles. The van der Waals surface area contributed by atoms with Crippen LogP contribution in [0.25, 0.3) is 21.3 Å². The summed E-state index contributed by atoms with van der Waals surface area (Å²) >= 11 is 6.15. The van der Waals surface area contributed by atoms with Crippen LogP contribution in [0.15, 0.2) is 23.4 Å². The first-order valence-electron chi connectivity index (χ1n) is 5.96. The molecule has 0 spiro atoms. The fourth-order valence-corrected chi connectivity index (χ4v) is 2.90. The van der Waals surface area contributed by atoms with Crippen LogP contribution in [-0.4, -0.2) is 22.3 Å². The maximum atomic E-state index is 12.3. The van der Waals surface area contributed by atoms with Crippen molar-refractivity contribution < 1.29 is 9.59 Å². The minimum atomic E-state index is -0.764. The third kappa shape index (κ3) is 1.62. The summed E-state index contributed by atoms with van der Waals surface area (Å²) in [6.45, 7) is 1.43. The Bertz CT molecular complexity index is 817. The Morgan fingerprint density at radius 1 is 1.55 bits per heavy atom. The Labute approximate surface area is 118 Å². The summed E-state index contributed by atoms with van der Waals surface area (Å²) in [6.07, 6.45) is 1.95. The van der Waals surface area contributed by atoms with Gasteiger partial charge in [0, 0.05) is 29.0 Å². The number of rotatable bonds is 1. The van der Waals surface area contributed by atoms with Gasteiger partial charge in [-0.15, -0.1) is 0 Å². The zero-order valence-electron chi connectivity index (χ0n) is 10.5. The first-order valence-corrected chi connectivity index (χ1v) is 6.34. The number of hydrogen-bond donors (Lipinski definition) is 0. The molecule has 0 bridgehead atoms. The fourth-order valence-electron chi connectivity index (χ4n) is 2.66. The maximum Gasteiger partial charge on any atom is 0.228 e. The summed E-state index contributed by atoms with van der Waals surface area (Å²) < 4.78 is 1.43. The van der Waals surface area contributed by atoms with Crippen molar-refractivity contribution in [3.05, 3.63) is 44.9 Å². The number of azide groups is 1. The predicted molar refractivity (Wildman–Crippen MR) is 74.2 cm³/mol. The van der Waals surface area contributed by atoms with Gasteiger partial charge in [-0.3, -0.25) is 14.2 Å². The van der Waals surface area contributed by atoms with E-state index >= 15 is 0 Å². The molecule has 0 fully saturated rings. The summed E-state index contributed by atoms with van der Waals surface area (Å²) in [5.74, 6) is -0.423. The summed E-state index contributed by atoms with van der Waals surface area (Å²) in [5.41, 5.74) is 10.3. The molecule has 6 nitrogen and oxygen atoms in total. The number of carbonyl (C=O) groups excluding carboxylic acids is 2. The molecule has 0 amide bonds. The minimum Gasteiger partial charge on any atom is -0.294 e. The van der Waals surface area contributed by atoms with Crippen LogP contribution < -0.4 is 0 Å². The molecule has 20 heavy (non-hydrogen) atoms. The van der Waals surface area contributed by atoms with E-state index in [1.807, 2.05) is 0 Å². The van der Waals surface area contributed by atoms with Crippen molar-refractivity contribution in [2.75, 3.05) is 0 Å². The molecule has 2 aromatic rings. The number of halogens is 1. The van der Waals surface area contributed by atoms with Gasteiger partial charge < -0.3 is 0 Å². The van der Waals surface area contributed by atoms with Crippen molar-refractivity contribution in [2.24, 2.45) is 5.11 Å². The standard InChI is InChI=1S/C13H9ClN4O2/c1-6(19)18-5-7-4-10(16-17-15)13(20)8-2-3-9(14)12(18)11(7)8/h2-3,5,10H,4H2,1H3. The van der Waals surface area contributed by atoms with Crippen molar-refractivity contribution >= 4 is 34.2 Å². The van der Waals surface area contributed by atoms with Crippen LogP contribution in [-0.2, 0) is 6.42 Å². The smallest absolute Gasteiger partial charge is 0.228 e. The van der Waals surface area contributed by atoms with E-state index in [1.165, 1.54) is 11.5 Å². The van der Waals surface area contributed by atoms with E-state index in [2.05, 4.69) is 10.0 Å². The summed E-state index contributed by atoms with van der Waals surface area (Å²) in [6, 6.07) is 2.43. The van der Waals surface area contributed by atoms with Gasteiger partial charge in [-0.1, -0.05) is 16.7 Å². The van der Waals surface area contributed by atoms with Crippen LogP contribution in [0.3, 0.4) is 0 Å². The quantitative estimate of drug-likeness (QED) is 0.457. The van der Waals surface area contributed by atoms with E-state index in [0.717, 1.165) is 5.56 Å². The van der Waals surface area contributed by atoms with Crippen LogP contribution in [0, 0.1) is 0 Å². The number of nitrogens with zero attached hydrogens (tertiary/aromatic N) is 4. The molecule has 1 heterocycles. The Morgan fingerprint density at radius 3 is 2.95 bits per heavy atom. The van der Waals surface area contributed by atoms with Gasteiger partial charge >= 0.3 is 0 Å². The second kappa shape index (κ2) is 4.37. The number of carbonyl (C=O) groups is 2. The molecule has 7 heteroatoms. The van der Waals surface area contributed by atoms with Gasteiger partial charge in [-0.2, -0.15) is 0 Å². The van der Waals surface area contributed by atoms with E-state index in [9.17, 15) is 9.59 Å². The lowest BCUT2D eigenvalue weighted by atomic mass is 9.89. The molecule has 0 aliphatic heterocycles. The van der Waals surface area contributed by atoms with E-state index < -0.39 is 6.04 Å². The molecule has 0 N–H and O–H groups in total. The van der Waals surface area contributed by atoms with Gasteiger partial charge in [-0.05, 0) is 29.6 Å². The normalized spacial score (nSPS) is 17.1. The highest BCUT2D eigenvalue weighted by Crippen LogP contribution is 2.36. The van der Waals surface area contributed by atoms with E-state index in [1.54, 1.807) is 18.3 Å². The van der Waals surface area contributed by atoms with Crippen LogP contribution >= 0.6 is 11.6 Å². The van der Waals surface area contributed by atoms with Crippen molar-refractivity contribution in [1.82, 2.24) is 4.57 Å². The third-order valence-corrected chi connectivity index (χ3v) is 3.79. The molecular formula is C13H9ClN4O2. The minimum absolute atomic E-state index is 0.185. The maximum absolute atomic E-state index is 12.3. The largest absolute Gasteiger partial charge is 0.294 e. The van der Waals surface area contributed by atoms with Gasteiger partial charge in [0.1, 0.15) is 6.04 Å². The Morgan fingerprint density at radius 2 is 2.30 bits per heavy atom. The van der Waals surface area contributed by atoms with Crippen LogP contribution in [0.4, 0.5) is 0 Å². The van der Waals surface area contributed by atoms with Crippen LogP contribution in [0.5, 0.6) is 0 Å². The second-order valence-corrected chi connectivity index (χ2v) is 5.06. The zero-order valence-corrected chi connectivity index (χ0v) is 11.3. The SMILES string of the molecule is CC(=O)n1cc2c3c(ccc(Cl)c31)C(=O)C(N=[N+]=[N-])C2. The first-order chi connectivity index (χ1) is 9.54. The predicted octanol–water partition coefficient (Wildman–Crippen LogP) is 3.37. The molecule has 0 saturated carbocycles. The topological polar surface area (TPSA) is 87.8 Å². The van der Waals surface area contributed by atoms with E-state index in [-0.39, 0.29) is 18.1 Å². The molecule has 1 unspecified atom stereocenters. The molecule has 1 aromatic heterocycles. The van der Waals surface area contributed by atoms with Gasteiger partial charge in [0.05, 0.1) is 10.5 Å². The van der Waals surface area contributed by atoms with Gasteiger partial charge in [-0.25, -0.2) is 0 Å². The average molecular weight is 289 g/mol. The van der Waals surface area contributed by atoms with Gasteiger partial charge in [0.2, 0.25) is 5.91 Å². The molecule has 3 rings (SSSR count). The first kappa shape index (κ1) is 12.7. The number of ketones is 1. The molecular weight excluding hydrogens is 280 g/mol. The number of Topliss-reactive ketones (excluding diaryl/α,β-unsaturated/α-hetero) is 1. The summed E-state index contributed by atoms with van der Waals surface area (Å²) in [5, 5.41) is 4.63. The fraction of sp³-hybridized carbons (Fsp3) is 0.231. The van der Waals surface area contributed by atoms with Crippen molar-refractivity contribution in [2.45, 2.75) is 19.4 Å². The highest BCUT2D eigenvalue weighted by molar-refractivity contribution is 6.36. The molecule has 100 valence electrons. The summed E-state index contributed by atoms with van der Waals surface area (Å²) in [7, 11) is 0. The van der Waals surface area contributed by atoms with Crippen LogP contribution in [0.2, 0.25) is 5.02 Å². The highest BCUT2D eigenvalue weighted by atomic mass is 35.5. The Kier molecular flexibility index (Phi) is 2.78. The Balaban J connectivity index is 2.38. The lowest BCUT2D eigenvalue weighted by Gasteiger charge is -2.17. The molecule has 1 aromatic carbocycles. The number of hydrogen-bond acceptors (Lipinski definition) is 3. The zero-order chi connectivity index (χ0) is 14.4.